The predicted octanol–water partition coefficient (Wildman–Crippen LogP) is 1.59. The van der Waals surface area contributed by atoms with Gasteiger partial charge in [0.1, 0.15) is 5.15 Å². The third kappa shape index (κ3) is 4.33. The highest BCUT2D eigenvalue weighted by atomic mass is 35.5. The first-order valence-electron chi connectivity index (χ1n) is 5.58. The van der Waals surface area contributed by atoms with Crippen LogP contribution in [0.1, 0.15) is 29.4 Å². The summed E-state index contributed by atoms with van der Waals surface area (Å²) in [6, 6.07) is 3.17. The molecular formula is C12H15ClN2O3. The Hall–Kier alpha value is -1.62. The molecule has 0 unspecified atom stereocenters. The van der Waals surface area contributed by atoms with Crippen molar-refractivity contribution in [2.24, 2.45) is 0 Å². The molecule has 0 radical (unpaired) electrons. The second kappa shape index (κ2) is 6.96. The Balaban J connectivity index is 2.61. The van der Waals surface area contributed by atoms with Gasteiger partial charge in [0, 0.05) is 17.8 Å². The maximum absolute atomic E-state index is 11.8. The zero-order valence-electron chi connectivity index (χ0n) is 10.3. The molecule has 0 saturated carbocycles. The van der Waals surface area contributed by atoms with E-state index in [0.717, 1.165) is 5.69 Å². The van der Waals surface area contributed by atoms with Crippen LogP contribution < -0.4 is 5.32 Å². The predicted molar refractivity (Wildman–Crippen MR) is 67.6 cm³/mol. The highest BCUT2D eigenvalue weighted by Gasteiger charge is 2.09. The number of carbonyl (C=O) groups is 2. The molecule has 0 saturated heterocycles. The lowest BCUT2D eigenvalue weighted by molar-refractivity contribution is -0.140. The van der Waals surface area contributed by atoms with Crippen LogP contribution in [0.25, 0.3) is 0 Å². The van der Waals surface area contributed by atoms with Crippen molar-refractivity contribution in [2.75, 3.05) is 13.7 Å². The van der Waals surface area contributed by atoms with Gasteiger partial charge in [0.2, 0.25) is 0 Å². The third-order valence-corrected chi connectivity index (χ3v) is 2.51. The summed E-state index contributed by atoms with van der Waals surface area (Å²) in [4.78, 5) is 26.7. The number of aryl methyl sites for hydroxylation is 1. The molecule has 98 valence electrons. The lowest BCUT2D eigenvalue weighted by atomic mass is 10.2. The lowest BCUT2D eigenvalue weighted by Crippen LogP contribution is -2.26. The maximum Gasteiger partial charge on any atom is 0.307 e. The average Bonchev–Trinajstić information content (AvgIpc) is 2.37. The fraction of sp³-hybridized carbons (Fsp3) is 0.417. The van der Waals surface area contributed by atoms with E-state index in [1.807, 2.05) is 6.92 Å². The Morgan fingerprint density at radius 1 is 1.44 bits per heavy atom. The van der Waals surface area contributed by atoms with Crippen molar-refractivity contribution in [1.29, 1.82) is 0 Å². The lowest BCUT2D eigenvalue weighted by Gasteiger charge is -2.06. The van der Waals surface area contributed by atoms with E-state index in [4.69, 9.17) is 11.6 Å². The summed E-state index contributed by atoms with van der Waals surface area (Å²) in [7, 11) is 1.31. The molecule has 1 N–H and O–H groups in total. The third-order valence-electron chi connectivity index (χ3n) is 2.31. The number of ether oxygens (including phenoxy) is 1. The number of carbonyl (C=O) groups excluding carboxylic acids is 2. The van der Waals surface area contributed by atoms with Crippen molar-refractivity contribution in [3.8, 4) is 0 Å². The molecule has 1 aromatic rings. The summed E-state index contributed by atoms with van der Waals surface area (Å²) in [5.41, 5.74) is 1.19. The molecule has 6 heteroatoms. The highest BCUT2D eigenvalue weighted by Crippen LogP contribution is 2.11. The number of aromatic nitrogens is 1. The van der Waals surface area contributed by atoms with Crippen molar-refractivity contribution in [2.45, 2.75) is 19.8 Å². The topological polar surface area (TPSA) is 68.3 Å². The minimum Gasteiger partial charge on any atom is -0.469 e. The van der Waals surface area contributed by atoms with E-state index in [-0.39, 0.29) is 30.0 Å². The van der Waals surface area contributed by atoms with Crippen molar-refractivity contribution in [3.05, 3.63) is 28.5 Å². The number of hydrogen-bond donors (Lipinski definition) is 1. The normalized spacial score (nSPS) is 9.94. The Morgan fingerprint density at radius 2 is 2.17 bits per heavy atom. The van der Waals surface area contributed by atoms with Gasteiger partial charge in [-0.1, -0.05) is 18.5 Å². The van der Waals surface area contributed by atoms with E-state index in [1.54, 1.807) is 6.07 Å². The van der Waals surface area contributed by atoms with Crippen LogP contribution in [0.15, 0.2) is 12.1 Å². The summed E-state index contributed by atoms with van der Waals surface area (Å²) >= 11 is 5.81. The zero-order valence-corrected chi connectivity index (χ0v) is 11.1. The number of nitrogens with zero attached hydrogens (tertiary/aromatic N) is 1. The summed E-state index contributed by atoms with van der Waals surface area (Å²) in [6.45, 7) is 2.16. The van der Waals surface area contributed by atoms with Gasteiger partial charge < -0.3 is 10.1 Å². The van der Waals surface area contributed by atoms with E-state index in [1.165, 1.54) is 13.2 Å². The molecule has 0 fully saturated rings. The van der Waals surface area contributed by atoms with Crippen LogP contribution in [0.3, 0.4) is 0 Å². The molecule has 0 bridgehead atoms. The Morgan fingerprint density at radius 3 is 2.78 bits per heavy atom. The number of rotatable bonds is 5. The minimum absolute atomic E-state index is 0.141. The van der Waals surface area contributed by atoms with Gasteiger partial charge in [-0.15, -0.1) is 0 Å². The van der Waals surface area contributed by atoms with Crippen molar-refractivity contribution < 1.29 is 14.3 Å². The van der Waals surface area contributed by atoms with Crippen LogP contribution in [-0.4, -0.2) is 30.5 Å². The van der Waals surface area contributed by atoms with Crippen LogP contribution in [0, 0.1) is 0 Å². The highest BCUT2D eigenvalue weighted by molar-refractivity contribution is 6.29. The number of amides is 1. The largest absolute Gasteiger partial charge is 0.469 e. The van der Waals surface area contributed by atoms with E-state index in [0.29, 0.717) is 12.0 Å². The van der Waals surface area contributed by atoms with Gasteiger partial charge in [-0.25, -0.2) is 4.98 Å². The zero-order chi connectivity index (χ0) is 13.5. The van der Waals surface area contributed by atoms with Crippen LogP contribution in [0.4, 0.5) is 0 Å². The molecule has 0 aliphatic rings. The number of halogens is 1. The molecule has 0 aliphatic heterocycles. The molecule has 0 spiro atoms. The van der Waals surface area contributed by atoms with E-state index in [9.17, 15) is 9.59 Å². The first-order chi connectivity index (χ1) is 8.56. The standard InChI is InChI=1S/C12H15ClN2O3/c1-3-9-6-8(7-10(13)15-9)12(17)14-5-4-11(16)18-2/h6-7H,3-5H2,1-2H3,(H,14,17). The van der Waals surface area contributed by atoms with E-state index >= 15 is 0 Å². The number of hydrogen-bond acceptors (Lipinski definition) is 4. The van der Waals surface area contributed by atoms with Crippen molar-refractivity contribution in [3.63, 3.8) is 0 Å². The fourth-order valence-corrected chi connectivity index (χ4v) is 1.57. The first kappa shape index (κ1) is 14.4. The maximum atomic E-state index is 11.8. The molecule has 1 rings (SSSR count). The van der Waals surface area contributed by atoms with E-state index in [2.05, 4.69) is 15.0 Å². The van der Waals surface area contributed by atoms with Gasteiger partial charge in [0.25, 0.3) is 5.91 Å². The second-order valence-corrected chi connectivity index (χ2v) is 3.99. The Bertz CT molecular complexity index is 449. The molecule has 0 aromatic carbocycles. The Labute approximate surface area is 110 Å². The molecule has 5 nitrogen and oxygen atoms in total. The summed E-state index contributed by atoms with van der Waals surface area (Å²) in [5, 5.41) is 2.90. The molecule has 0 aliphatic carbocycles. The molecule has 1 aromatic heterocycles. The molecule has 0 atom stereocenters. The van der Waals surface area contributed by atoms with Gasteiger partial charge in [-0.3, -0.25) is 9.59 Å². The monoisotopic (exact) mass is 270 g/mol. The van der Waals surface area contributed by atoms with Crippen molar-refractivity contribution in [1.82, 2.24) is 10.3 Å². The Kier molecular flexibility index (Phi) is 5.58. The van der Waals surface area contributed by atoms with Gasteiger partial charge in [0.15, 0.2) is 0 Å². The van der Waals surface area contributed by atoms with Crippen LogP contribution in [-0.2, 0) is 16.0 Å². The minimum atomic E-state index is -0.364. The smallest absolute Gasteiger partial charge is 0.307 e. The summed E-state index contributed by atoms with van der Waals surface area (Å²) in [6.07, 6.45) is 0.838. The quantitative estimate of drug-likeness (QED) is 0.652. The van der Waals surface area contributed by atoms with Gasteiger partial charge in [0.05, 0.1) is 13.5 Å². The fourth-order valence-electron chi connectivity index (χ4n) is 1.35. The average molecular weight is 271 g/mol. The first-order valence-corrected chi connectivity index (χ1v) is 5.96. The van der Waals surface area contributed by atoms with Gasteiger partial charge in [-0.2, -0.15) is 0 Å². The molecule has 18 heavy (non-hydrogen) atoms. The number of pyridine rings is 1. The van der Waals surface area contributed by atoms with E-state index < -0.39 is 0 Å². The van der Waals surface area contributed by atoms with Crippen molar-refractivity contribution >= 4 is 23.5 Å². The summed E-state index contributed by atoms with van der Waals surface area (Å²) < 4.78 is 4.47. The van der Waals surface area contributed by atoms with Crippen LogP contribution in [0.5, 0.6) is 0 Å². The van der Waals surface area contributed by atoms with Crippen LogP contribution in [0.2, 0.25) is 5.15 Å². The van der Waals surface area contributed by atoms with Gasteiger partial charge in [-0.05, 0) is 18.6 Å². The molecular weight excluding hydrogens is 256 g/mol. The number of nitrogens with one attached hydrogen (secondary N) is 1. The summed E-state index contributed by atoms with van der Waals surface area (Å²) in [5.74, 6) is -0.643. The number of esters is 1. The number of methoxy groups -OCH3 is 1. The SMILES string of the molecule is CCc1cc(C(=O)NCCC(=O)OC)cc(Cl)n1. The van der Waals surface area contributed by atoms with Crippen LogP contribution >= 0.6 is 11.6 Å². The molecule has 1 amide bonds. The van der Waals surface area contributed by atoms with Gasteiger partial charge >= 0.3 is 5.97 Å². The molecule has 1 heterocycles. The second-order valence-electron chi connectivity index (χ2n) is 3.61.